The maximum absolute atomic E-state index is 10.8. The second kappa shape index (κ2) is 4.52. The molecule has 1 N–H and O–H groups in total. The van der Waals surface area contributed by atoms with E-state index in [-0.39, 0.29) is 5.92 Å². The lowest BCUT2D eigenvalue weighted by Crippen LogP contribution is -2.15. The molecule has 0 radical (unpaired) electrons. The second-order valence-electron chi connectivity index (χ2n) is 4.35. The van der Waals surface area contributed by atoms with Crippen molar-refractivity contribution in [2.24, 2.45) is 5.92 Å². The third kappa shape index (κ3) is 2.16. The number of carbonyl (C=O) groups is 1. The van der Waals surface area contributed by atoms with Gasteiger partial charge in [-0.15, -0.1) is 0 Å². The third-order valence-corrected chi connectivity index (χ3v) is 3.25. The van der Waals surface area contributed by atoms with Gasteiger partial charge in [0.25, 0.3) is 0 Å². The summed E-state index contributed by atoms with van der Waals surface area (Å²) < 4.78 is 0. The zero-order chi connectivity index (χ0) is 11.5. The number of carboxylic acid groups (broad SMARTS) is 1. The molecule has 1 unspecified atom stereocenters. The van der Waals surface area contributed by atoms with Gasteiger partial charge in [0.05, 0.1) is 5.92 Å². The number of hydrogen-bond donors (Lipinski definition) is 1. The van der Waals surface area contributed by atoms with Gasteiger partial charge in [0.15, 0.2) is 0 Å². The van der Waals surface area contributed by atoms with Gasteiger partial charge in [-0.05, 0) is 42.9 Å². The lowest BCUT2D eigenvalue weighted by Gasteiger charge is -2.19. The minimum Gasteiger partial charge on any atom is -0.481 e. The molecule has 1 aromatic carbocycles. The van der Waals surface area contributed by atoms with Gasteiger partial charge < -0.3 is 5.11 Å². The van der Waals surface area contributed by atoms with Crippen molar-refractivity contribution in [3.63, 3.8) is 0 Å². The zero-order valence-electron chi connectivity index (χ0n) is 9.44. The maximum atomic E-state index is 10.8. The van der Waals surface area contributed by atoms with Gasteiger partial charge in [-0.3, -0.25) is 4.79 Å². The molecule has 84 valence electrons. The molecular weight excluding hydrogens is 200 g/mol. The summed E-state index contributed by atoms with van der Waals surface area (Å²) in [6.07, 6.45) is 4.39. The zero-order valence-corrected chi connectivity index (χ0v) is 9.44. The van der Waals surface area contributed by atoms with Gasteiger partial charge in [-0.2, -0.15) is 0 Å². The largest absolute Gasteiger partial charge is 0.481 e. The highest BCUT2D eigenvalue weighted by atomic mass is 16.4. The van der Waals surface area contributed by atoms with E-state index in [0.29, 0.717) is 6.42 Å². The van der Waals surface area contributed by atoms with Gasteiger partial charge in [-0.25, -0.2) is 0 Å². The Bertz CT molecular complexity index is 432. The summed E-state index contributed by atoms with van der Waals surface area (Å²) in [4.78, 5) is 10.8. The quantitative estimate of drug-likeness (QED) is 0.823. The molecule has 0 fully saturated rings. The number of hydrogen-bond acceptors (Lipinski definition) is 1. The van der Waals surface area contributed by atoms with Crippen LogP contribution >= 0.6 is 0 Å². The van der Waals surface area contributed by atoms with E-state index < -0.39 is 5.97 Å². The minimum absolute atomic E-state index is 0.187. The number of aliphatic carboxylic acids is 1. The number of benzene rings is 1. The van der Waals surface area contributed by atoms with Crippen LogP contribution in [0.15, 0.2) is 30.3 Å². The SMILES string of the molecule is Cc1ccccc1C1=CCC(C(=O)O)CC1. The molecule has 1 aliphatic carbocycles. The van der Waals surface area contributed by atoms with Gasteiger partial charge in [0.1, 0.15) is 0 Å². The standard InChI is InChI=1S/C14H16O2/c1-10-4-2-3-5-13(10)11-6-8-12(9-7-11)14(15)16/h2-6,12H,7-9H2,1H3,(H,15,16). The molecule has 0 heterocycles. The topological polar surface area (TPSA) is 37.3 Å². The molecule has 0 aliphatic heterocycles. The van der Waals surface area contributed by atoms with Crippen molar-refractivity contribution in [3.8, 4) is 0 Å². The Morgan fingerprint density at radius 1 is 1.38 bits per heavy atom. The van der Waals surface area contributed by atoms with Crippen molar-refractivity contribution < 1.29 is 9.90 Å². The monoisotopic (exact) mass is 216 g/mol. The molecule has 0 saturated carbocycles. The minimum atomic E-state index is -0.667. The molecule has 0 amide bonds. The van der Waals surface area contributed by atoms with Crippen LogP contribution in [0.1, 0.15) is 30.4 Å². The van der Waals surface area contributed by atoms with Gasteiger partial charge >= 0.3 is 5.97 Å². The van der Waals surface area contributed by atoms with Crippen LogP contribution in [-0.2, 0) is 4.79 Å². The average Bonchev–Trinajstić information content (AvgIpc) is 2.30. The lowest BCUT2D eigenvalue weighted by atomic mass is 9.85. The Balaban J connectivity index is 2.19. The Kier molecular flexibility index (Phi) is 3.09. The predicted molar refractivity (Wildman–Crippen MR) is 64.1 cm³/mol. The number of aryl methyl sites for hydroxylation is 1. The molecule has 1 aromatic rings. The van der Waals surface area contributed by atoms with Gasteiger partial charge in [0.2, 0.25) is 0 Å². The summed E-state index contributed by atoms with van der Waals surface area (Å²) in [5, 5.41) is 8.92. The van der Waals surface area contributed by atoms with Gasteiger partial charge in [0, 0.05) is 0 Å². The fourth-order valence-corrected chi connectivity index (χ4v) is 2.24. The van der Waals surface area contributed by atoms with Crippen LogP contribution in [0.5, 0.6) is 0 Å². The van der Waals surface area contributed by atoms with Crippen LogP contribution in [0.2, 0.25) is 0 Å². The highest BCUT2D eigenvalue weighted by Crippen LogP contribution is 2.31. The van der Waals surface area contributed by atoms with Crippen LogP contribution in [0.3, 0.4) is 0 Å². The molecule has 2 heteroatoms. The van der Waals surface area contributed by atoms with Gasteiger partial charge in [-0.1, -0.05) is 30.3 Å². The highest BCUT2D eigenvalue weighted by molar-refractivity contribution is 5.74. The lowest BCUT2D eigenvalue weighted by molar-refractivity contribution is -0.141. The van der Waals surface area contributed by atoms with Crippen molar-refractivity contribution in [2.45, 2.75) is 26.2 Å². The van der Waals surface area contributed by atoms with E-state index in [2.05, 4.69) is 25.1 Å². The Hall–Kier alpha value is -1.57. The molecule has 1 atom stereocenters. The summed E-state index contributed by atoms with van der Waals surface area (Å²) in [5.41, 5.74) is 3.84. The molecule has 0 saturated heterocycles. The molecule has 1 aliphatic rings. The first kappa shape index (κ1) is 10.9. The number of allylic oxidation sites excluding steroid dienone is 2. The smallest absolute Gasteiger partial charge is 0.306 e. The van der Waals surface area contributed by atoms with Crippen molar-refractivity contribution in [3.05, 3.63) is 41.5 Å². The molecule has 0 spiro atoms. The summed E-state index contributed by atoms with van der Waals surface area (Å²) in [7, 11) is 0. The normalized spacial score (nSPS) is 20.3. The Morgan fingerprint density at radius 2 is 2.12 bits per heavy atom. The number of carboxylic acids is 1. The van der Waals surface area contributed by atoms with E-state index in [4.69, 9.17) is 5.11 Å². The third-order valence-electron chi connectivity index (χ3n) is 3.25. The van der Waals surface area contributed by atoms with Crippen molar-refractivity contribution in [1.82, 2.24) is 0 Å². The summed E-state index contributed by atoms with van der Waals surface area (Å²) in [6.45, 7) is 2.10. The first-order valence-corrected chi connectivity index (χ1v) is 5.66. The summed E-state index contributed by atoms with van der Waals surface area (Å²) in [5.74, 6) is -0.854. The molecule has 0 bridgehead atoms. The van der Waals surface area contributed by atoms with Crippen molar-refractivity contribution in [1.29, 1.82) is 0 Å². The van der Waals surface area contributed by atoms with E-state index in [1.54, 1.807) is 0 Å². The van der Waals surface area contributed by atoms with Crippen LogP contribution in [0.25, 0.3) is 5.57 Å². The van der Waals surface area contributed by atoms with Crippen LogP contribution in [0, 0.1) is 12.8 Å². The van der Waals surface area contributed by atoms with E-state index in [1.807, 2.05) is 12.1 Å². The molecule has 0 aromatic heterocycles. The first-order valence-electron chi connectivity index (χ1n) is 5.66. The fraction of sp³-hybridized carbons (Fsp3) is 0.357. The van der Waals surface area contributed by atoms with E-state index in [0.717, 1.165) is 12.8 Å². The predicted octanol–water partition coefficient (Wildman–Crippen LogP) is 3.26. The van der Waals surface area contributed by atoms with Crippen molar-refractivity contribution in [2.75, 3.05) is 0 Å². The average molecular weight is 216 g/mol. The number of rotatable bonds is 2. The fourth-order valence-electron chi connectivity index (χ4n) is 2.24. The summed E-state index contributed by atoms with van der Waals surface area (Å²) >= 11 is 0. The molecule has 2 rings (SSSR count). The Morgan fingerprint density at radius 3 is 2.69 bits per heavy atom. The summed E-state index contributed by atoms with van der Waals surface area (Å²) in [6, 6.07) is 8.27. The highest BCUT2D eigenvalue weighted by Gasteiger charge is 2.21. The first-order chi connectivity index (χ1) is 7.68. The van der Waals surface area contributed by atoms with E-state index >= 15 is 0 Å². The Labute approximate surface area is 95.6 Å². The van der Waals surface area contributed by atoms with Crippen LogP contribution in [-0.4, -0.2) is 11.1 Å². The second-order valence-corrected chi connectivity index (χ2v) is 4.35. The molecule has 2 nitrogen and oxygen atoms in total. The van der Waals surface area contributed by atoms with Crippen LogP contribution < -0.4 is 0 Å². The van der Waals surface area contributed by atoms with E-state index in [1.165, 1.54) is 16.7 Å². The molecular formula is C14H16O2. The maximum Gasteiger partial charge on any atom is 0.306 e. The van der Waals surface area contributed by atoms with Crippen molar-refractivity contribution >= 4 is 11.5 Å². The van der Waals surface area contributed by atoms with E-state index in [9.17, 15) is 4.79 Å². The molecule has 16 heavy (non-hydrogen) atoms. The van der Waals surface area contributed by atoms with Crippen LogP contribution in [0.4, 0.5) is 0 Å².